The summed E-state index contributed by atoms with van der Waals surface area (Å²) in [6.07, 6.45) is 6.02. The fourth-order valence-corrected chi connectivity index (χ4v) is 2.94. The SMILES string of the molecule is CC=CCCc1ccc(OS(=O)(=O)c2ccc(C)cc2)cc1. The Morgan fingerprint density at radius 2 is 1.64 bits per heavy atom. The van der Waals surface area contributed by atoms with Gasteiger partial charge in [0.1, 0.15) is 10.6 Å². The van der Waals surface area contributed by atoms with Crippen molar-refractivity contribution in [3.05, 3.63) is 71.8 Å². The lowest BCUT2D eigenvalue weighted by atomic mass is 10.1. The third kappa shape index (κ3) is 4.46. The van der Waals surface area contributed by atoms with Crippen molar-refractivity contribution in [3.63, 3.8) is 0 Å². The molecule has 0 saturated heterocycles. The first-order valence-electron chi connectivity index (χ1n) is 7.22. The molecule has 0 radical (unpaired) electrons. The molecule has 2 aromatic rings. The van der Waals surface area contributed by atoms with Crippen molar-refractivity contribution < 1.29 is 12.6 Å². The summed E-state index contributed by atoms with van der Waals surface area (Å²) >= 11 is 0. The number of hydrogen-bond donors (Lipinski definition) is 0. The molecule has 3 nitrogen and oxygen atoms in total. The normalized spacial score (nSPS) is 11.7. The van der Waals surface area contributed by atoms with Crippen LogP contribution in [0.1, 0.15) is 24.5 Å². The van der Waals surface area contributed by atoms with Crippen LogP contribution in [0.2, 0.25) is 0 Å². The first kappa shape index (κ1) is 16.3. The Kier molecular flexibility index (Phi) is 5.39. The molecule has 0 spiro atoms. The molecule has 0 aromatic heterocycles. The van der Waals surface area contributed by atoms with E-state index in [0.29, 0.717) is 5.75 Å². The van der Waals surface area contributed by atoms with E-state index in [9.17, 15) is 8.42 Å². The van der Waals surface area contributed by atoms with E-state index in [0.717, 1.165) is 24.0 Å². The fourth-order valence-electron chi connectivity index (χ4n) is 2.01. The fraction of sp³-hybridized carbons (Fsp3) is 0.222. The highest BCUT2D eigenvalue weighted by molar-refractivity contribution is 7.87. The molecule has 0 aliphatic rings. The average Bonchev–Trinajstić information content (AvgIpc) is 2.49. The van der Waals surface area contributed by atoms with Crippen LogP contribution in [0.3, 0.4) is 0 Å². The molecule has 2 rings (SSSR count). The number of benzene rings is 2. The zero-order valence-corrected chi connectivity index (χ0v) is 13.6. The van der Waals surface area contributed by atoms with Crippen LogP contribution in [-0.2, 0) is 16.5 Å². The van der Waals surface area contributed by atoms with E-state index >= 15 is 0 Å². The number of rotatable bonds is 6. The summed E-state index contributed by atoms with van der Waals surface area (Å²) in [5.74, 6) is 0.329. The molecule has 0 atom stereocenters. The Hall–Kier alpha value is -2.07. The third-order valence-corrected chi connectivity index (χ3v) is 4.54. The van der Waals surface area contributed by atoms with Gasteiger partial charge in [-0.1, -0.05) is 42.0 Å². The lowest BCUT2D eigenvalue weighted by Crippen LogP contribution is -2.09. The van der Waals surface area contributed by atoms with Gasteiger partial charge in [0.25, 0.3) is 0 Å². The molecular weight excluding hydrogens is 296 g/mol. The minimum Gasteiger partial charge on any atom is -0.379 e. The molecule has 0 aliphatic carbocycles. The Balaban J connectivity index is 2.08. The maximum absolute atomic E-state index is 12.2. The summed E-state index contributed by atoms with van der Waals surface area (Å²) in [5, 5.41) is 0. The lowest BCUT2D eigenvalue weighted by Gasteiger charge is -2.08. The molecule has 0 heterocycles. The number of hydrogen-bond acceptors (Lipinski definition) is 3. The van der Waals surface area contributed by atoms with E-state index in [-0.39, 0.29) is 4.90 Å². The Labute approximate surface area is 132 Å². The maximum Gasteiger partial charge on any atom is 0.339 e. The van der Waals surface area contributed by atoms with Crippen LogP contribution in [-0.4, -0.2) is 8.42 Å². The quantitative estimate of drug-likeness (QED) is 0.590. The second kappa shape index (κ2) is 7.27. The molecule has 0 amide bonds. The Morgan fingerprint density at radius 1 is 1.00 bits per heavy atom. The zero-order valence-electron chi connectivity index (χ0n) is 12.8. The highest BCUT2D eigenvalue weighted by Gasteiger charge is 2.16. The first-order chi connectivity index (χ1) is 10.5. The van der Waals surface area contributed by atoms with Gasteiger partial charge in [-0.25, -0.2) is 0 Å². The minimum absolute atomic E-state index is 0.162. The summed E-state index contributed by atoms with van der Waals surface area (Å²) in [6.45, 7) is 3.90. The number of aryl methyl sites for hydroxylation is 2. The van der Waals surface area contributed by atoms with Crippen LogP contribution in [0, 0.1) is 6.92 Å². The number of allylic oxidation sites excluding steroid dienone is 2. The van der Waals surface area contributed by atoms with Crippen molar-refractivity contribution in [1.29, 1.82) is 0 Å². The highest BCUT2D eigenvalue weighted by Crippen LogP contribution is 2.20. The van der Waals surface area contributed by atoms with Crippen LogP contribution in [0.15, 0.2) is 65.6 Å². The Morgan fingerprint density at radius 3 is 2.23 bits per heavy atom. The van der Waals surface area contributed by atoms with Crippen molar-refractivity contribution in [2.24, 2.45) is 0 Å². The second-order valence-electron chi connectivity index (χ2n) is 5.10. The molecule has 0 unspecified atom stereocenters. The molecule has 0 aliphatic heterocycles. The molecule has 0 bridgehead atoms. The maximum atomic E-state index is 12.2. The minimum atomic E-state index is -3.78. The van der Waals surface area contributed by atoms with Crippen LogP contribution in [0.4, 0.5) is 0 Å². The molecule has 0 N–H and O–H groups in total. The van der Waals surface area contributed by atoms with Crippen LogP contribution < -0.4 is 4.18 Å². The summed E-state index contributed by atoms with van der Waals surface area (Å²) in [6, 6.07) is 13.8. The smallest absolute Gasteiger partial charge is 0.339 e. The van der Waals surface area contributed by atoms with Gasteiger partial charge >= 0.3 is 10.1 Å². The summed E-state index contributed by atoms with van der Waals surface area (Å²) < 4.78 is 29.5. The molecule has 22 heavy (non-hydrogen) atoms. The lowest BCUT2D eigenvalue weighted by molar-refractivity contribution is 0.486. The largest absolute Gasteiger partial charge is 0.379 e. The molecule has 0 fully saturated rings. The van der Waals surface area contributed by atoms with E-state index in [1.54, 1.807) is 36.4 Å². The Bertz CT molecular complexity index is 727. The van der Waals surface area contributed by atoms with Gasteiger partial charge in [-0.05, 0) is 56.5 Å². The van der Waals surface area contributed by atoms with Crippen LogP contribution >= 0.6 is 0 Å². The topological polar surface area (TPSA) is 43.4 Å². The van der Waals surface area contributed by atoms with Gasteiger partial charge in [0.15, 0.2) is 0 Å². The van der Waals surface area contributed by atoms with Crippen LogP contribution in [0.5, 0.6) is 5.75 Å². The van der Waals surface area contributed by atoms with Crippen molar-refractivity contribution in [2.75, 3.05) is 0 Å². The van der Waals surface area contributed by atoms with Crippen molar-refractivity contribution in [3.8, 4) is 5.75 Å². The standard InChI is InChI=1S/C18H20O3S/c1-3-4-5-6-16-9-11-17(12-10-16)21-22(19,20)18-13-7-15(2)8-14-18/h3-4,7-14H,5-6H2,1-2H3. The van der Waals surface area contributed by atoms with E-state index in [1.165, 1.54) is 0 Å². The van der Waals surface area contributed by atoms with Crippen molar-refractivity contribution >= 4 is 10.1 Å². The van der Waals surface area contributed by atoms with E-state index in [2.05, 4.69) is 6.08 Å². The molecular formula is C18H20O3S. The molecule has 116 valence electrons. The average molecular weight is 316 g/mol. The van der Waals surface area contributed by atoms with E-state index in [4.69, 9.17) is 4.18 Å². The van der Waals surface area contributed by atoms with Gasteiger partial charge in [0.2, 0.25) is 0 Å². The predicted octanol–water partition coefficient (Wildman–Crippen LogP) is 4.27. The predicted molar refractivity (Wildman–Crippen MR) is 88.6 cm³/mol. The van der Waals surface area contributed by atoms with E-state index in [1.807, 2.05) is 32.1 Å². The highest BCUT2D eigenvalue weighted by atomic mass is 32.2. The van der Waals surface area contributed by atoms with Gasteiger partial charge < -0.3 is 4.18 Å². The van der Waals surface area contributed by atoms with Crippen molar-refractivity contribution in [1.82, 2.24) is 0 Å². The van der Waals surface area contributed by atoms with Gasteiger partial charge in [0.05, 0.1) is 0 Å². The van der Waals surface area contributed by atoms with Gasteiger partial charge in [-0.15, -0.1) is 0 Å². The monoisotopic (exact) mass is 316 g/mol. The third-order valence-electron chi connectivity index (χ3n) is 3.27. The van der Waals surface area contributed by atoms with Crippen molar-refractivity contribution in [2.45, 2.75) is 31.6 Å². The summed E-state index contributed by atoms with van der Waals surface area (Å²) in [5.41, 5.74) is 2.16. The molecule has 0 saturated carbocycles. The molecule has 4 heteroatoms. The molecule has 2 aromatic carbocycles. The summed E-state index contributed by atoms with van der Waals surface area (Å²) in [7, 11) is -3.78. The second-order valence-corrected chi connectivity index (χ2v) is 6.65. The first-order valence-corrected chi connectivity index (χ1v) is 8.63. The van der Waals surface area contributed by atoms with Gasteiger partial charge in [0, 0.05) is 0 Å². The van der Waals surface area contributed by atoms with Crippen LogP contribution in [0.25, 0.3) is 0 Å². The van der Waals surface area contributed by atoms with Gasteiger partial charge in [-0.3, -0.25) is 0 Å². The van der Waals surface area contributed by atoms with E-state index < -0.39 is 10.1 Å². The van der Waals surface area contributed by atoms with Gasteiger partial charge in [-0.2, -0.15) is 8.42 Å². The zero-order chi connectivity index (χ0) is 16.0. The summed E-state index contributed by atoms with van der Waals surface area (Å²) in [4.78, 5) is 0.162.